The van der Waals surface area contributed by atoms with E-state index in [1.807, 2.05) is 59.2 Å². The van der Waals surface area contributed by atoms with E-state index in [1.54, 1.807) is 0 Å². The molecule has 1 aliphatic rings. The Morgan fingerprint density at radius 2 is 1.79 bits per heavy atom. The Balaban J connectivity index is 1.58. The van der Waals surface area contributed by atoms with Crippen LogP contribution in [0.3, 0.4) is 0 Å². The largest absolute Gasteiger partial charge is 0.353 e. The van der Waals surface area contributed by atoms with Crippen molar-refractivity contribution in [1.82, 2.24) is 20.1 Å². The second-order valence-corrected chi connectivity index (χ2v) is 8.20. The molecule has 5 nitrogen and oxygen atoms in total. The molecular formula is C21H21ClN4OS. The summed E-state index contributed by atoms with van der Waals surface area (Å²) in [5.74, 6) is 1.09. The van der Waals surface area contributed by atoms with E-state index < -0.39 is 0 Å². The van der Waals surface area contributed by atoms with E-state index in [9.17, 15) is 4.79 Å². The first-order valence-electron chi connectivity index (χ1n) is 9.39. The summed E-state index contributed by atoms with van der Waals surface area (Å²) in [6.45, 7) is 0. The molecule has 0 bridgehead atoms. The lowest BCUT2D eigenvalue weighted by molar-refractivity contribution is -0.119. The number of thioether (sulfide) groups is 1. The number of rotatable bonds is 6. The van der Waals surface area contributed by atoms with Crippen molar-refractivity contribution in [2.75, 3.05) is 5.75 Å². The maximum absolute atomic E-state index is 12.3. The molecule has 0 radical (unpaired) electrons. The maximum atomic E-state index is 12.3. The minimum atomic E-state index is 0.0487. The molecule has 1 heterocycles. The number of carbonyl (C=O) groups excluding carboxylic acids is 1. The fourth-order valence-electron chi connectivity index (χ4n) is 3.43. The number of aromatic nitrogens is 3. The monoisotopic (exact) mass is 412 g/mol. The molecule has 144 valence electrons. The first-order chi connectivity index (χ1) is 13.7. The van der Waals surface area contributed by atoms with Crippen molar-refractivity contribution >= 4 is 29.3 Å². The molecule has 3 aromatic rings. The van der Waals surface area contributed by atoms with Crippen LogP contribution in [0.1, 0.15) is 25.7 Å². The molecular weight excluding hydrogens is 392 g/mol. The van der Waals surface area contributed by atoms with Gasteiger partial charge in [0.15, 0.2) is 11.0 Å². The van der Waals surface area contributed by atoms with E-state index >= 15 is 0 Å². The van der Waals surface area contributed by atoms with Crippen LogP contribution in [0.5, 0.6) is 0 Å². The lowest BCUT2D eigenvalue weighted by atomic mass is 10.2. The SMILES string of the molecule is O=C(CSc1nnc(-c2ccc(Cl)cc2)n1-c1ccccc1)NC1CCCC1. The number of halogens is 1. The second-order valence-electron chi connectivity index (χ2n) is 6.82. The summed E-state index contributed by atoms with van der Waals surface area (Å²) in [5.41, 5.74) is 1.87. The minimum absolute atomic E-state index is 0.0487. The molecule has 1 fully saturated rings. The van der Waals surface area contributed by atoms with Crippen LogP contribution in [-0.2, 0) is 4.79 Å². The van der Waals surface area contributed by atoms with Gasteiger partial charge in [0, 0.05) is 22.3 Å². The molecule has 1 aliphatic carbocycles. The lowest BCUT2D eigenvalue weighted by Crippen LogP contribution is -2.33. The molecule has 4 rings (SSSR count). The van der Waals surface area contributed by atoms with Crippen LogP contribution in [0, 0.1) is 0 Å². The quantitative estimate of drug-likeness (QED) is 0.594. The van der Waals surface area contributed by atoms with Crippen LogP contribution >= 0.6 is 23.4 Å². The van der Waals surface area contributed by atoms with Crippen molar-refractivity contribution in [3.8, 4) is 17.1 Å². The highest BCUT2D eigenvalue weighted by Gasteiger charge is 2.20. The van der Waals surface area contributed by atoms with E-state index in [2.05, 4.69) is 15.5 Å². The van der Waals surface area contributed by atoms with Crippen LogP contribution in [0.15, 0.2) is 59.8 Å². The molecule has 0 atom stereocenters. The number of hydrogen-bond acceptors (Lipinski definition) is 4. The highest BCUT2D eigenvalue weighted by Crippen LogP contribution is 2.28. The third-order valence-electron chi connectivity index (χ3n) is 4.80. The molecule has 0 aliphatic heterocycles. The Hall–Kier alpha value is -2.31. The number of carbonyl (C=O) groups is 1. The van der Waals surface area contributed by atoms with E-state index in [0.717, 1.165) is 29.9 Å². The minimum Gasteiger partial charge on any atom is -0.353 e. The van der Waals surface area contributed by atoms with Gasteiger partial charge in [0.2, 0.25) is 5.91 Å². The summed E-state index contributed by atoms with van der Waals surface area (Å²) in [6.07, 6.45) is 4.56. The van der Waals surface area contributed by atoms with E-state index in [-0.39, 0.29) is 5.91 Å². The standard InChI is InChI=1S/C21H21ClN4OS/c22-16-12-10-15(11-13-16)20-24-25-21(26(20)18-8-2-1-3-9-18)28-14-19(27)23-17-6-4-5-7-17/h1-3,8-13,17H,4-7,14H2,(H,23,27). The Bertz CT molecular complexity index is 937. The van der Waals surface area contributed by atoms with Crippen molar-refractivity contribution in [2.24, 2.45) is 0 Å². The van der Waals surface area contributed by atoms with E-state index in [4.69, 9.17) is 11.6 Å². The zero-order chi connectivity index (χ0) is 19.3. The number of nitrogens with one attached hydrogen (secondary N) is 1. The highest BCUT2D eigenvalue weighted by molar-refractivity contribution is 7.99. The topological polar surface area (TPSA) is 59.8 Å². The average Bonchev–Trinajstić information content (AvgIpc) is 3.37. The Kier molecular flexibility index (Phi) is 5.98. The normalized spacial score (nSPS) is 14.3. The number of para-hydroxylation sites is 1. The van der Waals surface area contributed by atoms with Gasteiger partial charge in [-0.3, -0.25) is 9.36 Å². The Morgan fingerprint density at radius 1 is 1.07 bits per heavy atom. The number of amides is 1. The third-order valence-corrected chi connectivity index (χ3v) is 5.98. The molecule has 7 heteroatoms. The number of benzene rings is 2. The summed E-state index contributed by atoms with van der Waals surface area (Å²) in [5, 5.41) is 13.2. The van der Waals surface area contributed by atoms with Gasteiger partial charge in [0.05, 0.1) is 5.75 Å². The van der Waals surface area contributed by atoms with Gasteiger partial charge in [-0.2, -0.15) is 0 Å². The Morgan fingerprint density at radius 3 is 2.50 bits per heavy atom. The first kappa shape index (κ1) is 19.0. The van der Waals surface area contributed by atoms with Gasteiger partial charge in [0.1, 0.15) is 0 Å². The van der Waals surface area contributed by atoms with Gasteiger partial charge in [-0.15, -0.1) is 10.2 Å². The number of nitrogens with zero attached hydrogens (tertiary/aromatic N) is 3. The van der Waals surface area contributed by atoms with E-state index in [0.29, 0.717) is 22.0 Å². The fourth-order valence-corrected chi connectivity index (χ4v) is 4.32. The van der Waals surface area contributed by atoms with Crippen molar-refractivity contribution in [3.05, 3.63) is 59.6 Å². The number of hydrogen-bond donors (Lipinski definition) is 1. The Labute approximate surface area is 173 Å². The van der Waals surface area contributed by atoms with Gasteiger partial charge in [-0.05, 0) is 49.2 Å². The fraction of sp³-hybridized carbons (Fsp3) is 0.286. The van der Waals surface area contributed by atoms with Crippen LogP contribution in [0.25, 0.3) is 17.1 Å². The summed E-state index contributed by atoms with van der Waals surface area (Å²) < 4.78 is 1.98. The lowest BCUT2D eigenvalue weighted by Gasteiger charge is -2.12. The predicted octanol–water partition coefficient (Wildman–Crippen LogP) is 4.74. The molecule has 0 spiro atoms. The van der Waals surface area contributed by atoms with E-state index in [1.165, 1.54) is 24.6 Å². The molecule has 0 unspecified atom stereocenters. The third kappa shape index (κ3) is 4.39. The van der Waals surface area contributed by atoms with Crippen molar-refractivity contribution in [3.63, 3.8) is 0 Å². The van der Waals surface area contributed by atoms with Crippen LogP contribution in [0.4, 0.5) is 0 Å². The highest BCUT2D eigenvalue weighted by atomic mass is 35.5. The molecule has 28 heavy (non-hydrogen) atoms. The van der Waals surface area contributed by atoms with Crippen molar-refractivity contribution in [2.45, 2.75) is 36.9 Å². The van der Waals surface area contributed by atoms with Crippen molar-refractivity contribution < 1.29 is 4.79 Å². The molecule has 1 amide bonds. The summed E-state index contributed by atoms with van der Waals surface area (Å²) in [6, 6.07) is 17.8. The smallest absolute Gasteiger partial charge is 0.230 e. The van der Waals surface area contributed by atoms with Crippen LogP contribution in [-0.4, -0.2) is 32.5 Å². The van der Waals surface area contributed by atoms with Crippen LogP contribution < -0.4 is 5.32 Å². The average molecular weight is 413 g/mol. The molecule has 1 aromatic heterocycles. The summed E-state index contributed by atoms with van der Waals surface area (Å²) >= 11 is 7.43. The van der Waals surface area contributed by atoms with Gasteiger partial charge >= 0.3 is 0 Å². The zero-order valence-electron chi connectivity index (χ0n) is 15.3. The second kappa shape index (κ2) is 8.80. The predicted molar refractivity (Wildman–Crippen MR) is 113 cm³/mol. The molecule has 1 saturated carbocycles. The van der Waals surface area contributed by atoms with Gasteiger partial charge in [0.25, 0.3) is 0 Å². The maximum Gasteiger partial charge on any atom is 0.230 e. The summed E-state index contributed by atoms with van der Waals surface area (Å²) in [4.78, 5) is 12.3. The van der Waals surface area contributed by atoms with Gasteiger partial charge in [-0.25, -0.2) is 0 Å². The zero-order valence-corrected chi connectivity index (χ0v) is 16.9. The van der Waals surface area contributed by atoms with Gasteiger partial charge < -0.3 is 5.32 Å². The first-order valence-corrected chi connectivity index (χ1v) is 10.8. The molecule has 1 N–H and O–H groups in total. The van der Waals surface area contributed by atoms with Gasteiger partial charge in [-0.1, -0.05) is 54.4 Å². The molecule has 0 saturated heterocycles. The summed E-state index contributed by atoms with van der Waals surface area (Å²) in [7, 11) is 0. The van der Waals surface area contributed by atoms with Crippen molar-refractivity contribution in [1.29, 1.82) is 0 Å². The molecule has 2 aromatic carbocycles. The van der Waals surface area contributed by atoms with Crippen LogP contribution in [0.2, 0.25) is 5.02 Å².